The fourth-order valence-corrected chi connectivity index (χ4v) is 5.35. The van der Waals surface area contributed by atoms with Crippen LogP contribution in [0.25, 0.3) is 0 Å². The second-order valence-corrected chi connectivity index (χ2v) is 9.32. The van der Waals surface area contributed by atoms with Crippen molar-refractivity contribution in [3.63, 3.8) is 0 Å². The van der Waals surface area contributed by atoms with Gasteiger partial charge in [0.05, 0.1) is 12.2 Å². The topological polar surface area (TPSA) is 77.8 Å². The standard InChI is InChI=1S/C25H42O4/c1-3-5-6-9-18(4-2)15-21(26)12-13-22-23-16-19(10-7-8-11-25(28)29)14-20(23)17-24(22)27/h10,12-13,18,20-24,26-27H,3-9,11,14-17H2,1-2H3,(H,28,29)/b13-12+,19-10+/t18?,20-,21+,22-,23+,24-/m1/s1. The Morgan fingerprint density at radius 3 is 2.69 bits per heavy atom. The van der Waals surface area contributed by atoms with Crippen molar-refractivity contribution in [2.24, 2.45) is 23.7 Å². The van der Waals surface area contributed by atoms with Crippen molar-refractivity contribution in [2.75, 3.05) is 0 Å². The Balaban J connectivity index is 1.83. The minimum atomic E-state index is -0.728. The first-order valence-electron chi connectivity index (χ1n) is 11.9. The SMILES string of the molecule is CCCCCC(CC)C[C@@H](O)/C=C/[C@@H]1[C@H]2C/C(=C/CCCC(=O)O)C[C@@H]2C[C@H]1O. The van der Waals surface area contributed by atoms with Gasteiger partial charge in [0.2, 0.25) is 0 Å². The highest BCUT2D eigenvalue weighted by Gasteiger charge is 2.44. The first kappa shape index (κ1) is 24.1. The van der Waals surface area contributed by atoms with E-state index in [1.165, 1.54) is 31.3 Å². The van der Waals surface area contributed by atoms with Crippen molar-refractivity contribution >= 4 is 5.97 Å². The van der Waals surface area contributed by atoms with Crippen LogP contribution in [0, 0.1) is 23.7 Å². The number of aliphatic hydroxyl groups is 2. The van der Waals surface area contributed by atoms with E-state index in [-0.39, 0.29) is 18.4 Å². The number of carboxylic acids is 1. The predicted octanol–water partition coefficient (Wildman–Crippen LogP) is 5.49. The molecule has 0 aromatic heterocycles. The molecular weight excluding hydrogens is 364 g/mol. The van der Waals surface area contributed by atoms with Gasteiger partial charge in [0, 0.05) is 12.3 Å². The molecular formula is C25H42O4. The molecule has 2 fully saturated rings. The molecule has 4 nitrogen and oxygen atoms in total. The lowest BCUT2D eigenvalue weighted by Gasteiger charge is -2.19. The van der Waals surface area contributed by atoms with Gasteiger partial charge in [-0.2, -0.15) is 0 Å². The van der Waals surface area contributed by atoms with Crippen LogP contribution in [-0.4, -0.2) is 33.5 Å². The first-order valence-corrected chi connectivity index (χ1v) is 11.9. The van der Waals surface area contributed by atoms with E-state index in [9.17, 15) is 15.0 Å². The summed E-state index contributed by atoms with van der Waals surface area (Å²) in [7, 11) is 0. The van der Waals surface area contributed by atoms with E-state index in [1.807, 2.05) is 6.08 Å². The van der Waals surface area contributed by atoms with Gasteiger partial charge in [0.1, 0.15) is 0 Å². The smallest absolute Gasteiger partial charge is 0.303 e. The third-order valence-electron chi connectivity index (χ3n) is 7.06. The summed E-state index contributed by atoms with van der Waals surface area (Å²) in [5, 5.41) is 29.8. The molecule has 0 spiro atoms. The zero-order valence-electron chi connectivity index (χ0n) is 18.4. The van der Waals surface area contributed by atoms with Crippen molar-refractivity contribution in [1.82, 2.24) is 0 Å². The van der Waals surface area contributed by atoms with Crippen molar-refractivity contribution in [2.45, 2.75) is 103 Å². The number of aliphatic carboxylic acids is 1. The molecule has 0 bridgehead atoms. The molecule has 2 rings (SSSR count). The summed E-state index contributed by atoms with van der Waals surface area (Å²) in [4.78, 5) is 10.6. The number of rotatable bonds is 13. The number of carbonyl (C=O) groups is 1. The van der Waals surface area contributed by atoms with Gasteiger partial charge in [-0.05, 0) is 56.3 Å². The molecule has 3 N–H and O–H groups in total. The molecule has 0 aliphatic heterocycles. The van der Waals surface area contributed by atoms with Crippen LogP contribution in [0.5, 0.6) is 0 Å². The summed E-state index contributed by atoms with van der Waals surface area (Å²) >= 11 is 0. The Labute approximate surface area is 177 Å². The zero-order chi connectivity index (χ0) is 21.2. The van der Waals surface area contributed by atoms with Gasteiger partial charge in [-0.3, -0.25) is 4.79 Å². The normalized spacial score (nSPS) is 30.1. The van der Waals surface area contributed by atoms with Gasteiger partial charge in [0.15, 0.2) is 0 Å². The Hall–Kier alpha value is -1.13. The van der Waals surface area contributed by atoms with Gasteiger partial charge in [-0.15, -0.1) is 0 Å². The number of carboxylic acid groups (broad SMARTS) is 1. The molecule has 0 aromatic rings. The molecule has 0 saturated heterocycles. The highest BCUT2D eigenvalue weighted by atomic mass is 16.4. The maximum Gasteiger partial charge on any atom is 0.303 e. The van der Waals surface area contributed by atoms with E-state index in [0.29, 0.717) is 24.2 Å². The Morgan fingerprint density at radius 2 is 2.00 bits per heavy atom. The van der Waals surface area contributed by atoms with Gasteiger partial charge in [-0.25, -0.2) is 0 Å². The molecule has 2 saturated carbocycles. The maximum absolute atomic E-state index is 10.6. The van der Waals surface area contributed by atoms with Crippen LogP contribution >= 0.6 is 0 Å². The third-order valence-corrected chi connectivity index (χ3v) is 7.06. The summed E-state index contributed by atoms with van der Waals surface area (Å²) in [5.41, 5.74) is 1.43. The Kier molecular flexibility index (Phi) is 10.4. The van der Waals surface area contributed by atoms with Crippen LogP contribution in [0.15, 0.2) is 23.8 Å². The van der Waals surface area contributed by atoms with E-state index < -0.39 is 12.1 Å². The van der Waals surface area contributed by atoms with Gasteiger partial charge < -0.3 is 15.3 Å². The van der Waals surface area contributed by atoms with Crippen molar-refractivity contribution < 1.29 is 20.1 Å². The predicted molar refractivity (Wildman–Crippen MR) is 118 cm³/mol. The number of fused-ring (bicyclic) bond motifs is 1. The fourth-order valence-electron chi connectivity index (χ4n) is 5.35. The van der Waals surface area contributed by atoms with Crippen LogP contribution in [0.2, 0.25) is 0 Å². The second kappa shape index (κ2) is 12.5. The van der Waals surface area contributed by atoms with E-state index in [2.05, 4.69) is 26.0 Å². The third kappa shape index (κ3) is 7.90. The number of allylic oxidation sites excluding steroid dienone is 2. The molecule has 2 aliphatic rings. The number of hydrogen-bond acceptors (Lipinski definition) is 3. The van der Waals surface area contributed by atoms with Crippen molar-refractivity contribution in [1.29, 1.82) is 0 Å². The number of hydrogen-bond donors (Lipinski definition) is 3. The Morgan fingerprint density at radius 1 is 1.21 bits per heavy atom. The molecule has 1 unspecified atom stereocenters. The van der Waals surface area contributed by atoms with Gasteiger partial charge in [-0.1, -0.05) is 69.8 Å². The average Bonchev–Trinajstić information content (AvgIpc) is 3.19. The fraction of sp³-hybridized carbons (Fsp3) is 0.800. The van der Waals surface area contributed by atoms with E-state index in [1.54, 1.807) is 0 Å². The molecule has 0 aromatic carbocycles. The summed E-state index contributed by atoms with van der Waals surface area (Å²) in [6, 6.07) is 0. The highest BCUT2D eigenvalue weighted by Crippen LogP contribution is 2.50. The van der Waals surface area contributed by atoms with Crippen LogP contribution in [0.4, 0.5) is 0 Å². The lowest BCUT2D eigenvalue weighted by Crippen LogP contribution is -2.18. The molecule has 0 amide bonds. The monoisotopic (exact) mass is 406 g/mol. The largest absolute Gasteiger partial charge is 0.481 e. The van der Waals surface area contributed by atoms with Gasteiger partial charge in [0.25, 0.3) is 0 Å². The zero-order valence-corrected chi connectivity index (χ0v) is 18.4. The minimum Gasteiger partial charge on any atom is -0.481 e. The van der Waals surface area contributed by atoms with Crippen LogP contribution in [0.3, 0.4) is 0 Å². The van der Waals surface area contributed by atoms with E-state index >= 15 is 0 Å². The lowest BCUT2D eigenvalue weighted by molar-refractivity contribution is -0.137. The quantitative estimate of drug-likeness (QED) is 0.279. The van der Waals surface area contributed by atoms with Gasteiger partial charge >= 0.3 is 5.97 Å². The molecule has 0 heterocycles. The molecule has 6 atom stereocenters. The van der Waals surface area contributed by atoms with Crippen LogP contribution in [0.1, 0.15) is 90.9 Å². The molecule has 166 valence electrons. The molecule has 4 heteroatoms. The van der Waals surface area contributed by atoms with E-state index in [0.717, 1.165) is 38.5 Å². The number of aliphatic hydroxyl groups excluding tert-OH is 2. The van der Waals surface area contributed by atoms with Crippen molar-refractivity contribution in [3.05, 3.63) is 23.8 Å². The maximum atomic E-state index is 10.6. The molecule has 29 heavy (non-hydrogen) atoms. The van der Waals surface area contributed by atoms with Crippen LogP contribution in [-0.2, 0) is 4.79 Å². The molecule has 2 aliphatic carbocycles. The first-order chi connectivity index (χ1) is 13.9. The summed E-state index contributed by atoms with van der Waals surface area (Å²) < 4.78 is 0. The second-order valence-electron chi connectivity index (χ2n) is 9.32. The minimum absolute atomic E-state index is 0.139. The van der Waals surface area contributed by atoms with Crippen LogP contribution < -0.4 is 0 Å². The lowest BCUT2D eigenvalue weighted by atomic mass is 9.89. The summed E-state index contributed by atoms with van der Waals surface area (Å²) in [6.07, 6.45) is 17.1. The summed E-state index contributed by atoms with van der Waals surface area (Å²) in [5.74, 6) is 0.980. The van der Waals surface area contributed by atoms with E-state index in [4.69, 9.17) is 5.11 Å². The summed E-state index contributed by atoms with van der Waals surface area (Å²) in [6.45, 7) is 4.43. The van der Waals surface area contributed by atoms with Crippen molar-refractivity contribution in [3.8, 4) is 0 Å². The number of unbranched alkanes of at least 4 members (excludes halogenated alkanes) is 3. The average molecular weight is 407 g/mol. The Bertz CT molecular complexity index is 553. The molecule has 0 radical (unpaired) electrons. The highest BCUT2D eigenvalue weighted by molar-refractivity contribution is 5.66.